The van der Waals surface area contributed by atoms with E-state index in [1.54, 1.807) is 0 Å². The molecule has 14 heteroatoms. The molecule has 0 atom stereocenters. The number of aromatic nitrogens is 6. The van der Waals surface area contributed by atoms with E-state index < -0.39 is 41.1 Å². The number of nitrogens with zero attached hydrogens (tertiary/aromatic N) is 6. The summed E-state index contributed by atoms with van der Waals surface area (Å²) in [6, 6.07) is 7.84. The molecule has 4 rings (SSSR count). The maximum absolute atomic E-state index is 15.1. The van der Waals surface area contributed by atoms with Gasteiger partial charge in [-0.15, -0.1) is 0 Å². The highest BCUT2D eigenvalue weighted by molar-refractivity contribution is 5.33. The normalized spacial score (nSPS) is 12.8. The average Bonchev–Trinajstić information content (AvgIpc) is 3.44. The van der Waals surface area contributed by atoms with Gasteiger partial charge in [0.25, 0.3) is 0 Å². The van der Waals surface area contributed by atoms with Gasteiger partial charge in [-0.3, -0.25) is 0 Å². The summed E-state index contributed by atoms with van der Waals surface area (Å²) in [5.74, 6) is -4.45. The Morgan fingerprint density at radius 1 is 0.515 bits per heavy atom. The summed E-state index contributed by atoms with van der Waals surface area (Å²) in [5, 5.41) is 6.58. The second-order valence-corrected chi connectivity index (χ2v) is 6.62. The quantitative estimate of drug-likeness (QED) is 0.390. The molecule has 0 aliphatic carbocycles. The van der Waals surface area contributed by atoms with Crippen molar-refractivity contribution in [3.8, 4) is 11.6 Å². The van der Waals surface area contributed by atoms with Crippen molar-refractivity contribution >= 4 is 0 Å². The van der Waals surface area contributed by atoms with Crippen molar-refractivity contribution in [1.82, 2.24) is 29.5 Å². The lowest BCUT2D eigenvalue weighted by atomic mass is 10.1. The lowest BCUT2D eigenvalue weighted by Crippen LogP contribution is -2.20. The van der Waals surface area contributed by atoms with Crippen molar-refractivity contribution in [2.75, 3.05) is 0 Å². The minimum absolute atomic E-state index is 0.305. The Morgan fingerprint density at radius 3 is 1.24 bits per heavy atom. The topological polar surface area (TPSA) is 61.4 Å². The van der Waals surface area contributed by atoms with Gasteiger partial charge < -0.3 is 0 Å². The number of alkyl halides is 8. The molecule has 6 nitrogen and oxygen atoms in total. The monoisotopic (exact) mass is 474 g/mol. The van der Waals surface area contributed by atoms with Crippen LogP contribution in [0.5, 0.6) is 0 Å². The summed E-state index contributed by atoms with van der Waals surface area (Å²) in [4.78, 5) is 7.39. The predicted octanol–water partition coefficient (Wildman–Crippen LogP) is 5.03. The van der Waals surface area contributed by atoms with Gasteiger partial charge in [-0.05, 0) is 36.4 Å². The molecule has 0 aliphatic heterocycles. The van der Waals surface area contributed by atoms with E-state index in [1.165, 1.54) is 12.1 Å². The van der Waals surface area contributed by atoms with Gasteiger partial charge in [0.15, 0.2) is 23.0 Å². The third-order valence-electron chi connectivity index (χ3n) is 4.34. The first-order valence-electron chi connectivity index (χ1n) is 8.95. The van der Waals surface area contributed by atoms with Crippen LogP contribution in [-0.4, -0.2) is 29.5 Å². The maximum Gasteiger partial charge on any atom is 0.435 e. The highest BCUT2D eigenvalue weighted by atomic mass is 19.4. The number of halogens is 8. The van der Waals surface area contributed by atoms with Crippen LogP contribution in [0.4, 0.5) is 35.1 Å². The first-order chi connectivity index (χ1) is 15.4. The van der Waals surface area contributed by atoms with Crippen molar-refractivity contribution in [2.24, 2.45) is 0 Å². The summed E-state index contributed by atoms with van der Waals surface area (Å²) in [6.45, 7) is 0. The van der Waals surface area contributed by atoms with Crippen molar-refractivity contribution in [1.29, 1.82) is 0 Å². The fraction of sp³-hybridized carbons (Fsp3) is 0.158. The summed E-state index contributed by atoms with van der Waals surface area (Å²) in [5.41, 5.74) is -4.17. The van der Waals surface area contributed by atoms with Crippen LogP contribution in [0.1, 0.15) is 22.8 Å². The first-order valence-corrected chi connectivity index (χ1v) is 8.95. The minimum atomic E-state index is -4.73. The van der Waals surface area contributed by atoms with Crippen LogP contribution in [0, 0.1) is 0 Å². The molecule has 0 aliphatic rings. The fourth-order valence-electron chi connectivity index (χ4n) is 2.79. The average molecular weight is 474 g/mol. The molecule has 172 valence electrons. The highest BCUT2D eigenvalue weighted by Crippen LogP contribution is 2.34. The molecule has 0 aromatic carbocycles. The lowest BCUT2D eigenvalue weighted by molar-refractivity contribution is -0.142. The van der Waals surface area contributed by atoms with Crippen LogP contribution in [0.15, 0.2) is 60.9 Å². The zero-order valence-corrected chi connectivity index (χ0v) is 16.0. The Kier molecular flexibility index (Phi) is 5.17. The highest BCUT2D eigenvalue weighted by Gasteiger charge is 2.39. The Morgan fingerprint density at radius 2 is 0.909 bits per heavy atom. The van der Waals surface area contributed by atoms with Crippen LogP contribution in [-0.2, 0) is 18.3 Å². The standard InChI is InChI=1S/C19H10F8N6/c20-17(21,11-3-1-5-15(28-11)32-9-7-13(30-32)18(22,23)24)12-4-2-6-16(29-12)33-10-8-14(31-33)19(25,26)27/h1-10H. The Labute approximate surface area is 179 Å². The summed E-state index contributed by atoms with van der Waals surface area (Å²) < 4.78 is 108. The molecular formula is C19H10F8N6. The Hall–Kier alpha value is -3.84. The molecule has 4 heterocycles. The van der Waals surface area contributed by atoms with E-state index >= 15 is 8.78 Å². The number of pyridine rings is 2. The first kappa shape index (κ1) is 22.4. The smallest absolute Gasteiger partial charge is 0.227 e. The van der Waals surface area contributed by atoms with Crippen molar-refractivity contribution in [3.63, 3.8) is 0 Å². The molecule has 0 unspecified atom stereocenters. The van der Waals surface area contributed by atoms with Crippen LogP contribution in [0.3, 0.4) is 0 Å². The molecular weight excluding hydrogens is 464 g/mol. The second-order valence-electron chi connectivity index (χ2n) is 6.62. The zero-order chi connectivity index (χ0) is 24.0. The van der Waals surface area contributed by atoms with E-state index in [2.05, 4.69) is 20.2 Å². The minimum Gasteiger partial charge on any atom is -0.227 e. The lowest BCUT2D eigenvalue weighted by Gasteiger charge is -2.17. The van der Waals surface area contributed by atoms with Crippen LogP contribution in [0.2, 0.25) is 0 Å². The van der Waals surface area contributed by atoms with Crippen LogP contribution < -0.4 is 0 Å². The summed E-state index contributed by atoms with van der Waals surface area (Å²) in [7, 11) is 0. The van der Waals surface area contributed by atoms with Crippen molar-refractivity contribution < 1.29 is 35.1 Å². The van der Waals surface area contributed by atoms with Gasteiger partial charge in [-0.1, -0.05) is 12.1 Å². The predicted molar refractivity (Wildman–Crippen MR) is 95.7 cm³/mol. The van der Waals surface area contributed by atoms with Gasteiger partial charge in [-0.25, -0.2) is 19.3 Å². The van der Waals surface area contributed by atoms with Crippen LogP contribution >= 0.6 is 0 Å². The van der Waals surface area contributed by atoms with Crippen LogP contribution in [0.25, 0.3) is 11.6 Å². The SMILES string of the molecule is FC(F)(F)c1ccn(-c2cccc(C(F)(F)c3cccc(-n4ccc(C(F)(F)F)n4)n3)n2)n1. The Bertz CT molecular complexity index is 1190. The van der Waals surface area contributed by atoms with E-state index in [0.29, 0.717) is 21.5 Å². The van der Waals surface area contributed by atoms with Gasteiger partial charge in [0.05, 0.1) is 0 Å². The van der Waals surface area contributed by atoms with Gasteiger partial charge in [0, 0.05) is 12.4 Å². The van der Waals surface area contributed by atoms with Gasteiger partial charge in [0.1, 0.15) is 11.4 Å². The molecule has 0 saturated carbocycles. The van der Waals surface area contributed by atoms with Crippen molar-refractivity contribution in [3.05, 3.63) is 83.7 Å². The van der Waals surface area contributed by atoms with E-state index in [4.69, 9.17) is 0 Å². The third kappa shape index (κ3) is 4.40. The number of hydrogen-bond acceptors (Lipinski definition) is 4. The fourth-order valence-corrected chi connectivity index (χ4v) is 2.79. The largest absolute Gasteiger partial charge is 0.435 e. The number of hydrogen-bond donors (Lipinski definition) is 0. The third-order valence-corrected chi connectivity index (χ3v) is 4.34. The molecule has 0 saturated heterocycles. The molecule has 33 heavy (non-hydrogen) atoms. The molecule has 0 N–H and O–H groups in total. The molecule has 0 bridgehead atoms. The van der Waals surface area contributed by atoms with E-state index in [1.807, 2.05) is 0 Å². The van der Waals surface area contributed by atoms with Crippen molar-refractivity contribution in [2.45, 2.75) is 18.3 Å². The van der Waals surface area contributed by atoms with Gasteiger partial charge >= 0.3 is 18.3 Å². The molecule has 0 fully saturated rings. The number of rotatable bonds is 4. The van der Waals surface area contributed by atoms with E-state index in [9.17, 15) is 26.3 Å². The molecule has 4 aromatic heterocycles. The molecule has 0 spiro atoms. The molecule has 4 aromatic rings. The molecule has 0 radical (unpaired) electrons. The second kappa shape index (κ2) is 7.64. The summed E-state index contributed by atoms with van der Waals surface area (Å²) >= 11 is 0. The van der Waals surface area contributed by atoms with Gasteiger partial charge in [-0.2, -0.15) is 45.3 Å². The summed E-state index contributed by atoms with van der Waals surface area (Å²) in [6.07, 6.45) is -7.62. The Balaban J connectivity index is 1.68. The molecule has 0 amide bonds. The van der Waals surface area contributed by atoms with E-state index in [0.717, 1.165) is 36.7 Å². The zero-order valence-electron chi connectivity index (χ0n) is 16.0. The maximum atomic E-state index is 15.1. The van der Waals surface area contributed by atoms with Gasteiger partial charge in [0.2, 0.25) is 0 Å². The van der Waals surface area contributed by atoms with E-state index in [-0.39, 0.29) is 11.6 Å².